The average Bonchev–Trinajstić information content (AvgIpc) is 2.38. The summed E-state index contributed by atoms with van der Waals surface area (Å²) in [6.45, 7) is 9.52. The highest BCUT2D eigenvalue weighted by atomic mass is 16.5. The van der Waals surface area contributed by atoms with Crippen molar-refractivity contribution >= 4 is 11.9 Å². The van der Waals surface area contributed by atoms with Crippen molar-refractivity contribution in [2.45, 2.75) is 52.9 Å². The Bertz CT molecular complexity index is 498. The van der Waals surface area contributed by atoms with E-state index in [0.717, 1.165) is 5.56 Å². The van der Waals surface area contributed by atoms with Gasteiger partial charge in [-0.3, -0.25) is 9.59 Å². The summed E-state index contributed by atoms with van der Waals surface area (Å²) in [7, 11) is 0. The molecule has 0 amide bonds. The third-order valence-corrected chi connectivity index (χ3v) is 2.79. The topological polar surface area (TPSA) is 52.6 Å². The quantitative estimate of drug-likeness (QED) is 0.623. The molecule has 110 valence electrons. The van der Waals surface area contributed by atoms with Gasteiger partial charge < -0.3 is 9.47 Å². The second-order valence-corrected chi connectivity index (χ2v) is 5.56. The van der Waals surface area contributed by atoms with Gasteiger partial charge in [-0.15, -0.1) is 0 Å². The lowest BCUT2D eigenvalue weighted by molar-refractivity contribution is -0.135. The Hall–Kier alpha value is -1.84. The summed E-state index contributed by atoms with van der Waals surface area (Å²) >= 11 is 0. The van der Waals surface area contributed by atoms with Crippen LogP contribution in [-0.2, 0) is 15.0 Å². The molecule has 0 aromatic heterocycles. The monoisotopic (exact) mass is 278 g/mol. The van der Waals surface area contributed by atoms with E-state index in [-0.39, 0.29) is 17.4 Å². The molecular weight excluding hydrogens is 256 g/mol. The van der Waals surface area contributed by atoms with Crippen LogP contribution in [-0.4, -0.2) is 11.9 Å². The van der Waals surface area contributed by atoms with E-state index < -0.39 is 0 Å². The molecule has 0 aliphatic rings. The highest BCUT2D eigenvalue weighted by Crippen LogP contribution is 2.34. The van der Waals surface area contributed by atoms with Gasteiger partial charge in [0.05, 0.1) is 0 Å². The standard InChI is InChI=1S/C16H22O4/c1-6-14(17)19-11-8-9-13(20-15(18)7-2)12(10-11)16(3,4)5/h8-10H,6-7H2,1-5H3. The van der Waals surface area contributed by atoms with Crippen molar-refractivity contribution in [1.29, 1.82) is 0 Å². The Balaban J connectivity index is 3.13. The van der Waals surface area contributed by atoms with Crippen LogP contribution in [0.25, 0.3) is 0 Å². The van der Waals surface area contributed by atoms with Gasteiger partial charge in [-0.2, -0.15) is 0 Å². The Morgan fingerprint density at radius 3 is 2.05 bits per heavy atom. The van der Waals surface area contributed by atoms with Crippen LogP contribution < -0.4 is 9.47 Å². The molecule has 0 spiro atoms. The molecule has 1 aromatic rings. The number of hydrogen-bond donors (Lipinski definition) is 0. The zero-order valence-corrected chi connectivity index (χ0v) is 12.8. The minimum Gasteiger partial charge on any atom is -0.427 e. The van der Waals surface area contributed by atoms with Gasteiger partial charge in [0.15, 0.2) is 0 Å². The van der Waals surface area contributed by atoms with Crippen molar-refractivity contribution in [3.8, 4) is 11.5 Å². The van der Waals surface area contributed by atoms with Gasteiger partial charge >= 0.3 is 11.9 Å². The largest absolute Gasteiger partial charge is 0.427 e. The summed E-state index contributed by atoms with van der Waals surface area (Å²) < 4.78 is 10.5. The lowest BCUT2D eigenvalue weighted by Crippen LogP contribution is -2.16. The van der Waals surface area contributed by atoms with Crippen LogP contribution in [0.4, 0.5) is 0 Å². The maximum atomic E-state index is 11.5. The van der Waals surface area contributed by atoms with Crippen LogP contribution in [0.1, 0.15) is 53.0 Å². The zero-order chi connectivity index (χ0) is 15.3. The fraction of sp³-hybridized carbons (Fsp3) is 0.500. The normalized spacial score (nSPS) is 11.1. The molecule has 20 heavy (non-hydrogen) atoms. The number of hydrogen-bond acceptors (Lipinski definition) is 4. The Morgan fingerprint density at radius 2 is 1.55 bits per heavy atom. The molecule has 0 radical (unpaired) electrons. The van der Waals surface area contributed by atoms with E-state index in [1.54, 1.807) is 32.0 Å². The number of carbonyl (C=O) groups excluding carboxylic acids is 2. The Morgan fingerprint density at radius 1 is 1.00 bits per heavy atom. The van der Waals surface area contributed by atoms with Crippen LogP contribution in [0.5, 0.6) is 11.5 Å². The summed E-state index contributed by atoms with van der Waals surface area (Å²) in [5.74, 6) is 0.413. The molecule has 4 nitrogen and oxygen atoms in total. The first-order chi connectivity index (χ1) is 9.27. The molecule has 0 unspecified atom stereocenters. The van der Waals surface area contributed by atoms with E-state index in [1.165, 1.54) is 0 Å². The smallest absolute Gasteiger partial charge is 0.310 e. The highest BCUT2D eigenvalue weighted by Gasteiger charge is 2.21. The predicted molar refractivity (Wildman–Crippen MR) is 77.0 cm³/mol. The van der Waals surface area contributed by atoms with E-state index in [1.807, 2.05) is 20.8 Å². The van der Waals surface area contributed by atoms with E-state index in [9.17, 15) is 9.59 Å². The molecule has 0 aliphatic carbocycles. The van der Waals surface area contributed by atoms with Crippen molar-refractivity contribution in [2.75, 3.05) is 0 Å². The lowest BCUT2D eigenvalue weighted by atomic mass is 9.86. The first-order valence-corrected chi connectivity index (χ1v) is 6.83. The van der Waals surface area contributed by atoms with Crippen LogP contribution >= 0.6 is 0 Å². The maximum absolute atomic E-state index is 11.5. The molecule has 0 aliphatic heterocycles. The number of benzene rings is 1. The maximum Gasteiger partial charge on any atom is 0.310 e. The summed E-state index contributed by atoms with van der Waals surface area (Å²) in [6.07, 6.45) is 0.633. The van der Waals surface area contributed by atoms with E-state index in [0.29, 0.717) is 24.3 Å². The first-order valence-electron chi connectivity index (χ1n) is 6.83. The SMILES string of the molecule is CCC(=O)Oc1ccc(OC(=O)CC)c(C(C)(C)C)c1. The fourth-order valence-corrected chi connectivity index (χ4v) is 1.65. The molecule has 0 N–H and O–H groups in total. The summed E-state index contributed by atoms with van der Waals surface area (Å²) in [4.78, 5) is 22.8. The molecule has 4 heteroatoms. The second-order valence-electron chi connectivity index (χ2n) is 5.56. The number of esters is 2. The van der Waals surface area contributed by atoms with Crippen molar-refractivity contribution in [1.82, 2.24) is 0 Å². The molecule has 0 atom stereocenters. The lowest BCUT2D eigenvalue weighted by Gasteiger charge is -2.22. The van der Waals surface area contributed by atoms with Gasteiger partial charge in [-0.05, 0) is 23.6 Å². The van der Waals surface area contributed by atoms with Gasteiger partial charge in [0.2, 0.25) is 0 Å². The first kappa shape index (κ1) is 16.2. The molecular formula is C16H22O4. The minimum absolute atomic E-state index is 0.224. The summed E-state index contributed by atoms with van der Waals surface area (Å²) in [6, 6.07) is 5.07. The third-order valence-electron chi connectivity index (χ3n) is 2.79. The molecule has 0 fully saturated rings. The van der Waals surface area contributed by atoms with E-state index in [4.69, 9.17) is 9.47 Å². The average molecular weight is 278 g/mol. The van der Waals surface area contributed by atoms with Crippen molar-refractivity contribution < 1.29 is 19.1 Å². The molecule has 0 bridgehead atoms. The van der Waals surface area contributed by atoms with Gasteiger partial charge in [0.1, 0.15) is 11.5 Å². The molecule has 0 saturated heterocycles. The fourth-order valence-electron chi connectivity index (χ4n) is 1.65. The Kier molecular flexibility index (Phi) is 5.31. The summed E-state index contributed by atoms with van der Waals surface area (Å²) in [5, 5.41) is 0. The minimum atomic E-state index is -0.289. The van der Waals surface area contributed by atoms with Gasteiger partial charge in [0, 0.05) is 18.4 Å². The molecule has 1 aromatic carbocycles. The van der Waals surface area contributed by atoms with Gasteiger partial charge in [0.25, 0.3) is 0 Å². The number of ether oxygens (including phenoxy) is 2. The zero-order valence-electron chi connectivity index (χ0n) is 12.8. The van der Waals surface area contributed by atoms with Crippen molar-refractivity contribution in [2.24, 2.45) is 0 Å². The van der Waals surface area contributed by atoms with Crippen molar-refractivity contribution in [3.63, 3.8) is 0 Å². The second kappa shape index (κ2) is 6.55. The summed E-state index contributed by atoms with van der Waals surface area (Å²) in [5.41, 5.74) is 0.610. The van der Waals surface area contributed by atoms with Crippen LogP contribution in [0.2, 0.25) is 0 Å². The molecule has 0 saturated carbocycles. The molecule has 0 heterocycles. The van der Waals surface area contributed by atoms with E-state index >= 15 is 0 Å². The van der Waals surface area contributed by atoms with Gasteiger partial charge in [-0.25, -0.2) is 0 Å². The van der Waals surface area contributed by atoms with Crippen LogP contribution in [0.15, 0.2) is 18.2 Å². The number of carbonyl (C=O) groups is 2. The third kappa shape index (κ3) is 4.37. The van der Waals surface area contributed by atoms with Crippen molar-refractivity contribution in [3.05, 3.63) is 23.8 Å². The van der Waals surface area contributed by atoms with Crippen LogP contribution in [0.3, 0.4) is 0 Å². The number of rotatable bonds is 4. The van der Waals surface area contributed by atoms with E-state index in [2.05, 4.69) is 0 Å². The van der Waals surface area contributed by atoms with Crippen LogP contribution in [0, 0.1) is 0 Å². The molecule has 1 rings (SSSR count). The Labute approximate surface area is 120 Å². The highest BCUT2D eigenvalue weighted by molar-refractivity contribution is 5.74. The van der Waals surface area contributed by atoms with Gasteiger partial charge in [-0.1, -0.05) is 34.6 Å². The predicted octanol–water partition coefficient (Wildman–Crippen LogP) is 3.61.